The molecule has 2 heterocycles. The highest BCUT2D eigenvalue weighted by Gasteiger charge is 2.17. The summed E-state index contributed by atoms with van der Waals surface area (Å²) in [5, 5.41) is 6.17. The van der Waals surface area contributed by atoms with Gasteiger partial charge >= 0.3 is 0 Å². The van der Waals surface area contributed by atoms with Gasteiger partial charge in [-0.25, -0.2) is 4.99 Å². The average Bonchev–Trinajstić information content (AvgIpc) is 2.53. The zero-order valence-electron chi connectivity index (χ0n) is 6.74. The second kappa shape index (κ2) is 3.06. The second-order valence-electron chi connectivity index (χ2n) is 2.64. The molecule has 0 bridgehead atoms. The Morgan fingerprint density at radius 2 is 2.38 bits per heavy atom. The first kappa shape index (κ1) is 8.06. The highest BCUT2D eigenvalue weighted by Crippen LogP contribution is 2.12. The number of H-pyrrole nitrogens is 1. The number of hydrogen-bond acceptors (Lipinski definition) is 3. The molecule has 1 aromatic rings. The van der Waals surface area contributed by atoms with Gasteiger partial charge in [0.25, 0.3) is 0 Å². The van der Waals surface area contributed by atoms with Crippen LogP contribution in [0.3, 0.4) is 0 Å². The molecule has 5 N–H and O–H groups in total. The Bertz CT molecular complexity index is 342. The summed E-state index contributed by atoms with van der Waals surface area (Å²) in [5.74, 6) is 0.336. The lowest BCUT2D eigenvalue weighted by atomic mass is 10.3. The molecule has 1 aliphatic rings. The predicted molar refractivity (Wildman–Crippen MR) is 54.0 cm³/mol. The molecule has 0 saturated heterocycles. The molecule has 68 valence electrons. The number of aromatic nitrogens is 1. The van der Waals surface area contributed by atoms with Gasteiger partial charge < -0.3 is 21.4 Å². The summed E-state index contributed by atoms with van der Waals surface area (Å²) in [4.78, 5) is 7.16. The van der Waals surface area contributed by atoms with Gasteiger partial charge in [-0.05, 0) is 24.4 Å². The molecule has 1 aromatic heterocycles. The summed E-state index contributed by atoms with van der Waals surface area (Å²) < 4.78 is 0. The highest BCUT2D eigenvalue weighted by molar-refractivity contribution is 7.80. The van der Waals surface area contributed by atoms with E-state index in [1.165, 1.54) is 0 Å². The number of guanidine groups is 1. The molecular formula is C7H9N5S. The molecule has 0 amide bonds. The zero-order chi connectivity index (χ0) is 9.26. The fraction of sp³-hybridized carbons (Fsp3) is 0.143. The van der Waals surface area contributed by atoms with E-state index in [0.717, 1.165) is 5.69 Å². The maximum atomic E-state index is 5.52. The van der Waals surface area contributed by atoms with Crippen LogP contribution in [-0.4, -0.2) is 16.1 Å². The van der Waals surface area contributed by atoms with Gasteiger partial charge in [-0.3, -0.25) is 0 Å². The fourth-order valence-corrected chi connectivity index (χ4v) is 1.36. The monoisotopic (exact) mass is 195 g/mol. The Morgan fingerprint density at radius 3 is 3.00 bits per heavy atom. The van der Waals surface area contributed by atoms with Gasteiger partial charge in [-0.15, -0.1) is 0 Å². The maximum absolute atomic E-state index is 5.52. The van der Waals surface area contributed by atoms with Crippen molar-refractivity contribution in [3.05, 3.63) is 24.0 Å². The fourth-order valence-electron chi connectivity index (χ4n) is 1.14. The van der Waals surface area contributed by atoms with Crippen molar-refractivity contribution in [3.63, 3.8) is 0 Å². The smallest absolute Gasteiger partial charge is 0.197 e. The van der Waals surface area contributed by atoms with Crippen LogP contribution in [0.5, 0.6) is 0 Å². The molecule has 0 aromatic carbocycles. The number of hydrogen-bond donors (Lipinski definition) is 4. The average molecular weight is 195 g/mol. The van der Waals surface area contributed by atoms with E-state index in [4.69, 9.17) is 18.0 Å². The summed E-state index contributed by atoms with van der Waals surface area (Å²) in [5.41, 5.74) is 6.46. The second-order valence-corrected chi connectivity index (χ2v) is 3.05. The minimum Gasteiger partial charge on any atom is -0.370 e. The lowest BCUT2D eigenvalue weighted by Crippen LogP contribution is -2.49. The number of aliphatic imine (C=N–C) groups is 1. The van der Waals surface area contributed by atoms with Crippen molar-refractivity contribution in [2.24, 2.45) is 10.7 Å². The number of thiocarbonyl (C=S) groups is 1. The summed E-state index contributed by atoms with van der Waals surface area (Å²) in [6.45, 7) is 0. The molecule has 1 atom stereocenters. The van der Waals surface area contributed by atoms with Crippen molar-refractivity contribution >= 4 is 23.3 Å². The maximum Gasteiger partial charge on any atom is 0.197 e. The van der Waals surface area contributed by atoms with Crippen molar-refractivity contribution in [3.8, 4) is 0 Å². The van der Waals surface area contributed by atoms with Gasteiger partial charge in [-0.2, -0.15) is 0 Å². The van der Waals surface area contributed by atoms with Gasteiger partial charge in [0.2, 0.25) is 0 Å². The Balaban J connectivity index is 2.25. The first-order chi connectivity index (χ1) is 6.25. The Labute approximate surface area is 80.4 Å². The van der Waals surface area contributed by atoms with E-state index < -0.39 is 0 Å². The molecule has 0 radical (unpaired) electrons. The van der Waals surface area contributed by atoms with E-state index in [2.05, 4.69) is 20.6 Å². The van der Waals surface area contributed by atoms with Crippen LogP contribution in [0.4, 0.5) is 0 Å². The number of nitrogens with zero attached hydrogens (tertiary/aromatic N) is 1. The third kappa shape index (κ3) is 1.62. The normalized spacial score (nSPS) is 21.7. The Morgan fingerprint density at radius 1 is 1.54 bits per heavy atom. The minimum absolute atomic E-state index is 0.205. The van der Waals surface area contributed by atoms with Crippen LogP contribution in [0.1, 0.15) is 11.9 Å². The van der Waals surface area contributed by atoms with E-state index in [1.54, 1.807) is 0 Å². The van der Waals surface area contributed by atoms with E-state index >= 15 is 0 Å². The molecule has 2 rings (SSSR count). The van der Waals surface area contributed by atoms with Crippen molar-refractivity contribution in [1.29, 1.82) is 0 Å². The lowest BCUT2D eigenvalue weighted by Gasteiger charge is -2.21. The standard InChI is InChI=1S/C7H9N5S/c8-6-10-5(11-7(13)12-6)4-2-1-3-9-4/h1-3,5,9H,(H4,8,10,11,12,13). The lowest BCUT2D eigenvalue weighted by molar-refractivity contribution is 0.644. The molecule has 6 heteroatoms. The molecule has 0 spiro atoms. The third-order valence-corrected chi connectivity index (χ3v) is 1.91. The van der Waals surface area contributed by atoms with Crippen molar-refractivity contribution in [1.82, 2.24) is 15.6 Å². The van der Waals surface area contributed by atoms with Gasteiger partial charge in [0.15, 0.2) is 17.2 Å². The SMILES string of the molecule is NC1=NC(c2ccc[nH]2)NC(=S)N1. The molecule has 1 unspecified atom stereocenters. The van der Waals surface area contributed by atoms with Gasteiger partial charge in [0.1, 0.15) is 0 Å². The summed E-state index contributed by atoms with van der Waals surface area (Å²) in [6.07, 6.45) is 1.62. The van der Waals surface area contributed by atoms with E-state index in [9.17, 15) is 0 Å². The summed E-state index contributed by atoms with van der Waals surface area (Å²) in [6, 6.07) is 3.82. The summed E-state index contributed by atoms with van der Waals surface area (Å²) >= 11 is 4.94. The molecule has 13 heavy (non-hydrogen) atoms. The summed E-state index contributed by atoms with van der Waals surface area (Å²) in [7, 11) is 0. The Kier molecular flexibility index (Phi) is 1.90. The van der Waals surface area contributed by atoms with Gasteiger partial charge in [-0.1, -0.05) is 0 Å². The highest BCUT2D eigenvalue weighted by atomic mass is 32.1. The van der Waals surface area contributed by atoms with Crippen LogP contribution in [-0.2, 0) is 0 Å². The first-order valence-electron chi connectivity index (χ1n) is 3.80. The van der Waals surface area contributed by atoms with Crippen LogP contribution < -0.4 is 16.4 Å². The first-order valence-corrected chi connectivity index (χ1v) is 4.20. The van der Waals surface area contributed by atoms with Crippen LogP contribution in [0.25, 0.3) is 0 Å². The molecule has 0 aliphatic carbocycles. The molecule has 5 nitrogen and oxygen atoms in total. The van der Waals surface area contributed by atoms with Crippen molar-refractivity contribution in [2.45, 2.75) is 6.17 Å². The quantitative estimate of drug-likeness (QED) is 0.468. The third-order valence-electron chi connectivity index (χ3n) is 1.69. The number of rotatable bonds is 1. The molecule has 0 fully saturated rings. The molecule has 0 saturated carbocycles. The van der Waals surface area contributed by atoms with Crippen molar-refractivity contribution in [2.75, 3.05) is 0 Å². The van der Waals surface area contributed by atoms with E-state index in [0.29, 0.717) is 11.1 Å². The van der Waals surface area contributed by atoms with E-state index in [-0.39, 0.29) is 6.17 Å². The topological polar surface area (TPSA) is 78.2 Å². The van der Waals surface area contributed by atoms with Crippen molar-refractivity contribution < 1.29 is 0 Å². The number of aromatic amines is 1. The van der Waals surface area contributed by atoms with Crippen LogP contribution in [0.15, 0.2) is 23.3 Å². The zero-order valence-corrected chi connectivity index (χ0v) is 7.56. The van der Waals surface area contributed by atoms with Crippen LogP contribution in [0, 0.1) is 0 Å². The Hall–Kier alpha value is -1.56. The molecule has 1 aliphatic heterocycles. The van der Waals surface area contributed by atoms with E-state index in [1.807, 2.05) is 18.3 Å². The minimum atomic E-state index is -0.205. The predicted octanol–water partition coefficient (Wildman–Crippen LogP) is -0.194. The van der Waals surface area contributed by atoms with Gasteiger partial charge in [0.05, 0.1) is 5.69 Å². The van der Waals surface area contributed by atoms with Crippen LogP contribution >= 0.6 is 12.2 Å². The number of nitrogens with one attached hydrogen (secondary N) is 3. The van der Waals surface area contributed by atoms with Crippen LogP contribution in [0.2, 0.25) is 0 Å². The largest absolute Gasteiger partial charge is 0.370 e. The number of nitrogens with two attached hydrogens (primary N) is 1. The molecular weight excluding hydrogens is 186 g/mol. The van der Waals surface area contributed by atoms with Gasteiger partial charge in [0, 0.05) is 6.20 Å².